The van der Waals surface area contributed by atoms with E-state index in [4.69, 9.17) is 0 Å². The molecule has 1 heterocycles. The van der Waals surface area contributed by atoms with E-state index in [-0.39, 0.29) is 0 Å². The van der Waals surface area contributed by atoms with Crippen molar-refractivity contribution in [3.63, 3.8) is 0 Å². The Morgan fingerprint density at radius 1 is 1.07 bits per heavy atom. The maximum atomic E-state index is 4.34. The lowest BCUT2D eigenvalue weighted by Crippen LogP contribution is -2.31. The maximum Gasteiger partial charge on any atom is 0.0660 e. The van der Waals surface area contributed by atoms with Crippen LogP contribution in [0, 0.1) is 0 Å². The Hall–Kier alpha value is -0.0831. The Morgan fingerprint density at radius 2 is 1.60 bits per heavy atom. The molecule has 1 aliphatic rings. The largest absolute Gasteiger partial charge is 0.300 e. The fraction of sp³-hybridized carbons (Fsp3) is 0.846. The van der Waals surface area contributed by atoms with Crippen molar-refractivity contribution in [2.45, 2.75) is 51.6 Å². The van der Waals surface area contributed by atoms with Crippen molar-refractivity contribution in [1.82, 2.24) is 4.90 Å². The smallest absolute Gasteiger partial charge is 0.0660 e. The molecule has 1 nitrogen and oxygen atoms in total. The average Bonchev–Trinajstić information content (AvgIpc) is 2.48. The lowest BCUT2D eigenvalue weighted by Gasteiger charge is -2.24. The number of nitrogens with zero attached hydrogens (tertiary/aromatic N) is 1. The molecule has 0 aromatic carbocycles. The summed E-state index contributed by atoms with van der Waals surface area (Å²) in [6.07, 6.45) is 5.67. The van der Waals surface area contributed by atoms with Crippen LogP contribution >= 0.6 is 0 Å². The lowest BCUT2D eigenvalue weighted by molar-refractivity contribution is 0.313. The molecule has 0 aliphatic carbocycles. The molecule has 0 radical (unpaired) electrons. The number of hydrogen-bond acceptors (Lipinski definition) is 1. The van der Waals surface area contributed by atoms with E-state index in [9.17, 15) is 0 Å². The minimum absolute atomic E-state index is 0.608. The van der Waals surface area contributed by atoms with Crippen LogP contribution in [0.5, 0.6) is 0 Å². The molecule has 0 N–H and O–H groups in total. The van der Waals surface area contributed by atoms with Gasteiger partial charge < -0.3 is 0 Å². The van der Waals surface area contributed by atoms with Crippen LogP contribution in [-0.2, 0) is 0 Å². The molecule has 1 fully saturated rings. The van der Waals surface area contributed by atoms with E-state index in [0.29, 0.717) is 0 Å². The second-order valence-electron chi connectivity index (χ2n) is 4.86. The van der Waals surface area contributed by atoms with E-state index in [0.717, 1.165) is 0 Å². The summed E-state index contributed by atoms with van der Waals surface area (Å²) < 4.78 is 0. The van der Waals surface area contributed by atoms with Crippen LogP contribution in [-0.4, -0.2) is 33.3 Å². The Balaban J connectivity index is 2.34. The number of rotatable bonds is 5. The van der Waals surface area contributed by atoms with E-state index in [1.54, 1.807) is 5.20 Å². The molecule has 2 heteroatoms. The quantitative estimate of drug-likeness (QED) is 0.649. The summed E-state index contributed by atoms with van der Waals surface area (Å²) in [4.78, 5) is 2.64. The van der Waals surface area contributed by atoms with Gasteiger partial charge in [-0.05, 0) is 25.9 Å². The topological polar surface area (TPSA) is 3.24 Å². The SMILES string of the molecule is C=C(CN1CCCCCC1)[SiH](CC)CC. The van der Waals surface area contributed by atoms with Gasteiger partial charge in [-0.3, -0.25) is 4.90 Å². The normalized spacial score (nSPS) is 19.1. The van der Waals surface area contributed by atoms with Gasteiger partial charge in [0.25, 0.3) is 0 Å². The first-order valence-corrected chi connectivity index (χ1v) is 8.89. The molecule has 0 aromatic heterocycles. The number of likely N-dealkylation sites (tertiary alicyclic amines) is 1. The first-order valence-electron chi connectivity index (χ1n) is 6.68. The van der Waals surface area contributed by atoms with Gasteiger partial charge in [-0.1, -0.05) is 44.0 Å². The van der Waals surface area contributed by atoms with E-state index >= 15 is 0 Å². The van der Waals surface area contributed by atoms with Gasteiger partial charge in [0.15, 0.2) is 0 Å². The van der Waals surface area contributed by atoms with Crippen molar-refractivity contribution in [3.05, 3.63) is 11.8 Å². The van der Waals surface area contributed by atoms with Crippen molar-refractivity contribution in [1.29, 1.82) is 0 Å². The summed E-state index contributed by atoms with van der Waals surface area (Å²) in [7, 11) is -0.608. The highest BCUT2D eigenvalue weighted by atomic mass is 28.3. The first-order chi connectivity index (χ1) is 7.27. The summed E-state index contributed by atoms with van der Waals surface area (Å²) in [6.45, 7) is 12.9. The molecule has 0 atom stereocenters. The predicted molar refractivity (Wildman–Crippen MR) is 72.2 cm³/mol. The molecule has 0 spiro atoms. The molecular formula is C13H27NSi. The van der Waals surface area contributed by atoms with Gasteiger partial charge in [-0.2, -0.15) is 0 Å². The van der Waals surface area contributed by atoms with Crippen LogP contribution in [0.3, 0.4) is 0 Å². The second kappa shape index (κ2) is 7.23. The third-order valence-electron chi connectivity index (χ3n) is 3.69. The molecule has 1 rings (SSSR count). The zero-order chi connectivity index (χ0) is 11.1. The van der Waals surface area contributed by atoms with Crippen molar-refractivity contribution in [2.24, 2.45) is 0 Å². The minimum atomic E-state index is -0.608. The van der Waals surface area contributed by atoms with E-state index < -0.39 is 8.80 Å². The first kappa shape index (κ1) is 13.0. The average molecular weight is 225 g/mol. The fourth-order valence-electron chi connectivity index (χ4n) is 2.58. The van der Waals surface area contributed by atoms with Crippen LogP contribution < -0.4 is 0 Å². The summed E-state index contributed by atoms with van der Waals surface area (Å²) in [5, 5.41) is 1.60. The molecule has 1 aliphatic heterocycles. The molecule has 0 aromatic rings. The standard InChI is InChI=1S/C13H27NSi/c1-4-15(5-2)13(3)12-14-10-8-6-7-9-11-14/h15H,3-12H2,1-2H3. The Bertz CT molecular complexity index is 179. The molecule has 1 saturated heterocycles. The van der Waals surface area contributed by atoms with Crippen molar-refractivity contribution >= 4 is 8.80 Å². The molecule has 88 valence electrons. The monoisotopic (exact) mass is 225 g/mol. The molecule has 0 bridgehead atoms. The van der Waals surface area contributed by atoms with Crippen LogP contribution in [0.25, 0.3) is 0 Å². The van der Waals surface area contributed by atoms with Gasteiger partial charge in [-0.25, -0.2) is 0 Å². The predicted octanol–water partition coefficient (Wildman–Crippen LogP) is 3.22. The zero-order valence-electron chi connectivity index (χ0n) is 10.6. The van der Waals surface area contributed by atoms with E-state index in [2.05, 4.69) is 25.3 Å². The number of hydrogen-bond donors (Lipinski definition) is 0. The third kappa shape index (κ3) is 4.52. The highest BCUT2D eigenvalue weighted by molar-refractivity contribution is 6.66. The van der Waals surface area contributed by atoms with Crippen LogP contribution in [0.4, 0.5) is 0 Å². The molecule has 0 amide bonds. The van der Waals surface area contributed by atoms with Gasteiger partial charge in [0.05, 0.1) is 8.80 Å². The Morgan fingerprint density at radius 3 is 2.07 bits per heavy atom. The minimum Gasteiger partial charge on any atom is -0.300 e. The maximum absolute atomic E-state index is 4.34. The van der Waals surface area contributed by atoms with Gasteiger partial charge in [-0.15, -0.1) is 6.58 Å². The molecule has 0 saturated carbocycles. The van der Waals surface area contributed by atoms with Crippen LogP contribution in [0.15, 0.2) is 11.8 Å². The van der Waals surface area contributed by atoms with Gasteiger partial charge in [0, 0.05) is 6.54 Å². The molecule has 15 heavy (non-hydrogen) atoms. The molecular weight excluding hydrogens is 198 g/mol. The van der Waals surface area contributed by atoms with Gasteiger partial charge >= 0.3 is 0 Å². The lowest BCUT2D eigenvalue weighted by atomic mass is 10.2. The summed E-state index contributed by atoms with van der Waals surface area (Å²) in [6, 6.07) is 2.78. The Labute approximate surface area is 97.2 Å². The van der Waals surface area contributed by atoms with Crippen molar-refractivity contribution in [2.75, 3.05) is 19.6 Å². The highest BCUT2D eigenvalue weighted by Gasteiger charge is 2.14. The summed E-state index contributed by atoms with van der Waals surface area (Å²) in [5.41, 5.74) is 0. The highest BCUT2D eigenvalue weighted by Crippen LogP contribution is 2.14. The second-order valence-corrected chi connectivity index (χ2v) is 8.71. The van der Waals surface area contributed by atoms with Gasteiger partial charge in [0.2, 0.25) is 0 Å². The van der Waals surface area contributed by atoms with Crippen molar-refractivity contribution in [3.8, 4) is 0 Å². The van der Waals surface area contributed by atoms with Crippen LogP contribution in [0.1, 0.15) is 39.5 Å². The Kier molecular flexibility index (Phi) is 6.26. The zero-order valence-corrected chi connectivity index (χ0v) is 11.8. The van der Waals surface area contributed by atoms with E-state index in [1.165, 1.54) is 57.4 Å². The third-order valence-corrected chi connectivity index (χ3v) is 7.00. The fourth-order valence-corrected chi connectivity index (χ4v) is 4.83. The van der Waals surface area contributed by atoms with Crippen molar-refractivity contribution < 1.29 is 0 Å². The summed E-state index contributed by atoms with van der Waals surface area (Å²) >= 11 is 0. The van der Waals surface area contributed by atoms with Gasteiger partial charge in [0.1, 0.15) is 0 Å². The summed E-state index contributed by atoms with van der Waals surface area (Å²) in [5.74, 6) is 0. The molecule has 0 unspecified atom stereocenters. The van der Waals surface area contributed by atoms with E-state index in [1.807, 2.05) is 0 Å². The van der Waals surface area contributed by atoms with Crippen LogP contribution in [0.2, 0.25) is 12.1 Å².